The van der Waals surface area contributed by atoms with Crippen LogP contribution in [0.5, 0.6) is 0 Å². The van der Waals surface area contributed by atoms with Gasteiger partial charge in [0.1, 0.15) is 23.8 Å². The third-order valence-corrected chi connectivity index (χ3v) is 5.83. The van der Waals surface area contributed by atoms with Crippen LogP contribution in [0.1, 0.15) is 20.1 Å². The Balaban J connectivity index is 1.75. The number of nitrogens with one attached hydrogen (secondary N) is 1. The number of halogens is 1. The maximum Gasteiger partial charge on any atom is 0.363 e. The molecule has 2 unspecified atom stereocenters. The molecule has 0 saturated carbocycles. The summed E-state index contributed by atoms with van der Waals surface area (Å²) in [6.45, 7) is 3.21. The lowest BCUT2D eigenvalue weighted by atomic mass is 10.1. The van der Waals surface area contributed by atoms with Crippen LogP contribution in [-0.2, 0) is 18.8 Å². The third-order valence-electron chi connectivity index (χ3n) is 4.67. The van der Waals surface area contributed by atoms with E-state index in [4.69, 9.17) is 26.8 Å². The summed E-state index contributed by atoms with van der Waals surface area (Å²) in [7, 11) is -4.99. The molecule has 7 N–H and O–H groups in total. The van der Waals surface area contributed by atoms with Crippen LogP contribution in [0, 0.1) is 5.92 Å². The predicted molar refractivity (Wildman–Crippen MR) is 110 cm³/mol. The number of carbonyl (C=O) groups excluding carboxylic acids is 1. The van der Waals surface area contributed by atoms with Crippen LogP contribution in [0.15, 0.2) is 6.33 Å². The quantitative estimate of drug-likeness (QED) is 0.192. The monoisotopic (exact) mass is 494 g/mol. The van der Waals surface area contributed by atoms with Crippen molar-refractivity contribution < 1.29 is 38.8 Å². The second kappa shape index (κ2) is 9.53. The largest absolute Gasteiger partial charge is 0.387 e. The number of nitrogens with zero attached hydrogens (tertiary/aromatic N) is 4. The Morgan fingerprint density at radius 2 is 2.06 bits per heavy atom. The van der Waals surface area contributed by atoms with Crippen LogP contribution in [-0.4, -0.2) is 82.7 Å². The first kappa shape index (κ1) is 24.7. The van der Waals surface area contributed by atoms with Crippen molar-refractivity contribution in [2.45, 2.75) is 44.2 Å². The Labute approximate surface area is 186 Å². The molecule has 5 atom stereocenters. The highest BCUT2D eigenvalue weighted by atomic mass is 35.5. The zero-order valence-electron chi connectivity index (χ0n) is 17.1. The molecule has 3 rings (SSSR count). The number of aliphatic hydroxyl groups is 2. The van der Waals surface area contributed by atoms with E-state index < -0.39 is 50.5 Å². The molecule has 0 spiro atoms. The molecule has 178 valence electrons. The first-order valence-electron chi connectivity index (χ1n) is 9.51. The molecule has 2 aromatic rings. The number of fused-ring (bicyclic) bond motifs is 1. The molecular weight excluding hydrogens is 471 g/mol. The van der Waals surface area contributed by atoms with Crippen molar-refractivity contribution >= 4 is 42.1 Å². The Morgan fingerprint density at radius 1 is 1.38 bits per heavy atom. The van der Waals surface area contributed by atoms with Crippen molar-refractivity contribution in [1.82, 2.24) is 24.8 Å². The van der Waals surface area contributed by atoms with Gasteiger partial charge in [0.05, 0.1) is 12.9 Å². The van der Waals surface area contributed by atoms with E-state index in [9.17, 15) is 29.4 Å². The third kappa shape index (κ3) is 5.18. The van der Waals surface area contributed by atoms with Gasteiger partial charge in [-0.2, -0.15) is 9.97 Å². The van der Waals surface area contributed by atoms with E-state index in [0.717, 1.165) is 0 Å². The molecule has 1 amide bonds. The Morgan fingerprint density at radius 3 is 2.69 bits per heavy atom. The van der Waals surface area contributed by atoms with Crippen molar-refractivity contribution in [2.24, 2.45) is 5.92 Å². The van der Waals surface area contributed by atoms with Gasteiger partial charge < -0.3 is 40.5 Å². The SMILES string of the molecule is CC(C)CNC(=O)C(OC[C@H]1OC(n2cnc3c(N)nc(Cl)nc32)[C@H](O)[C@@H]1O)P(=O)(O)O. The molecule has 3 heterocycles. The fourth-order valence-electron chi connectivity index (χ4n) is 3.10. The van der Waals surface area contributed by atoms with Gasteiger partial charge in [0.15, 0.2) is 17.7 Å². The molecule has 0 aromatic carbocycles. The molecule has 32 heavy (non-hydrogen) atoms. The van der Waals surface area contributed by atoms with E-state index in [2.05, 4.69) is 20.3 Å². The number of nitrogen functional groups attached to an aromatic ring is 1. The number of aliphatic hydroxyl groups excluding tert-OH is 2. The molecule has 1 aliphatic heterocycles. The van der Waals surface area contributed by atoms with Crippen molar-refractivity contribution in [3.05, 3.63) is 11.6 Å². The minimum atomic E-state index is -4.99. The molecule has 1 saturated heterocycles. The van der Waals surface area contributed by atoms with Crippen molar-refractivity contribution in [3.63, 3.8) is 0 Å². The number of hydrogen-bond acceptors (Lipinski definition) is 10. The van der Waals surface area contributed by atoms with Crippen LogP contribution < -0.4 is 11.1 Å². The van der Waals surface area contributed by atoms with Crippen LogP contribution >= 0.6 is 19.2 Å². The van der Waals surface area contributed by atoms with Gasteiger partial charge in [-0.15, -0.1) is 0 Å². The number of rotatable bonds is 8. The Bertz CT molecular complexity index is 1030. The van der Waals surface area contributed by atoms with Crippen molar-refractivity contribution in [2.75, 3.05) is 18.9 Å². The van der Waals surface area contributed by atoms with E-state index in [1.54, 1.807) is 0 Å². The molecule has 2 aromatic heterocycles. The average molecular weight is 495 g/mol. The van der Waals surface area contributed by atoms with Gasteiger partial charge in [0, 0.05) is 6.54 Å². The minimum Gasteiger partial charge on any atom is -0.387 e. The van der Waals surface area contributed by atoms with Gasteiger partial charge in [-0.05, 0) is 17.5 Å². The fourth-order valence-corrected chi connectivity index (χ4v) is 3.95. The zero-order chi connectivity index (χ0) is 23.8. The highest BCUT2D eigenvalue weighted by Crippen LogP contribution is 2.42. The van der Waals surface area contributed by atoms with E-state index in [-0.39, 0.29) is 34.7 Å². The molecular formula is C16H24ClN6O8P. The smallest absolute Gasteiger partial charge is 0.363 e. The zero-order valence-corrected chi connectivity index (χ0v) is 18.7. The van der Waals surface area contributed by atoms with Gasteiger partial charge in [-0.1, -0.05) is 13.8 Å². The summed E-state index contributed by atoms with van der Waals surface area (Å²) in [5, 5.41) is 23.1. The summed E-state index contributed by atoms with van der Waals surface area (Å²) < 4.78 is 23.8. The molecule has 0 bridgehead atoms. The first-order chi connectivity index (χ1) is 14.9. The lowest BCUT2D eigenvalue weighted by molar-refractivity contribution is -0.133. The summed E-state index contributed by atoms with van der Waals surface area (Å²) in [4.78, 5) is 43.0. The molecule has 0 radical (unpaired) electrons. The number of carbonyl (C=O) groups is 1. The standard InChI is InChI=1S/C16H24ClN6O8P/c1-6(2)3-19-13(26)15(32(27,28)29)30-4-7-9(24)10(25)14(31-7)23-5-20-8-11(18)21-16(17)22-12(8)23/h5-7,9-10,14-15,24-25H,3-4H2,1-2H3,(H,19,26)(H2,18,21,22)(H2,27,28,29)/t7-,9-,10-,14?,15?/m1/s1. The number of ether oxygens (including phenoxy) is 2. The van der Waals surface area contributed by atoms with Gasteiger partial charge in [-0.25, -0.2) is 4.98 Å². The van der Waals surface area contributed by atoms with Gasteiger partial charge in [-0.3, -0.25) is 13.9 Å². The second-order valence-electron chi connectivity index (χ2n) is 7.66. The molecule has 16 heteroatoms. The number of nitrogens with two attached hydrogens (primary N) is 1. The lowest BCUT2D eigenvalue weighted by Gasteiger charge is -2.22. The maximum absolute atomic E-state index is 12.2. The van der Waals surface area contributed by atoms with Crippen LogP contribution in [0.2, 0.25) is 5.28 Å². The van der Waals surface area contributed by atoms with Crippen molar-refractivity contribution in [3.8, 4) is 0 Å². The molecule has 1 fully saturated rings. The van der Waals surface area contributed by atoms with Crippen molar-refractivity contribution in [1.29, 1.82) is 0 Å². The number of amides is 1. The summed E-state index contributed by atoms with van der Waals surface area (Å²) in [5.41, 5.74) is 6.09. The van der Waals surface area contributed by atoms with E-state index in [1.807, 2.05) is 13.8 Å². The molecule has 0 aliphatic carbocycles. The Hall–Kier alpha value is -1.90. The number of anilines is 1. The van der Waals surface area contributed by atoms with E-state index in [0.29, 0.717) is 0 Å². The van der Waals surface area contributed by atoms with Crippen LogP contribution in [0.3, 0.4) is 0 Å². The summed E-state index contributed by atoms with van der Waals surface area (Å²) in [6, 6.07) is 0. The maximum atomic E-state index is 12.2. The highest BCUT2D eigenvalue weighted by molar-refractivity contribution is 7.53. The second-order valence-corrected chi connectivity index (χ2v) is 9.65. The summed E-state index contributed by atoms with van der Waals surface area (Å²) in [5.74, 6) is -3.06. The predicted octanol–water partition coefficient (Wildman–Crippen LogP) is -1.03. The average Bonchev–Trinajstić information content (AvgIpc) is 3.21. The Kier molecular flexibility index (Phi) is 7.37. The highest BCUT2D eigenvalue weighted by Gasteiger charge is 2.46. The van der Waals surface area contributed by atoms with Gasteiger partial charge in [0.2, 0.25) is 11.1 Å². The molecule has 14 nitrogen and oxygen atoms in total. The number of aromatic nitrogens is 4. The van der Waals surface area contributed by atoms with E-state index >= 15 is 0 Å². The van der Waals surface area contributed by atoms with Crippen LogP contribution in [0.25, 0.3) is 11.2 Å². The minimum absolute atomic E-state index is 0.00330. The topological polar surface area (TPSA) is 215 Å². The molecule has 1 aliphatic rings. The number of hydrogen-bond donors (Lipinski definition) is 6. The van der Waals surface area contributed by atoms with Gasteiger partial charge in [0.25, 0.3) is 5.91 Å². The normalized spacial score (nSPS) is 24.9. The fraction of sp³-hybridized carbons (Fsp3) is 0.625. The summed E-state index contributed by atoms with van der Waals surface area (Å²) >= 11 is 5.83. The van der Waals surface area contributed by atoms with Gasteiger partial charge >= 0.3 is 7.60 Å². The van der Waals surface area contributed by atoms with E-state index in [1.165, 1.54) is 10.9 Å². The first-order valence-corrected chi connectivity index (χ1v) is 11.6. The number of imidazole rings is 1. The lowest BCUT2D eigenvalue weighted by Crippen LogP contribution is -2.41. The summed E-state index contributed by atoms with van der Waals surface area (Å²) in [6.07, 6.45) is -4.16. The van der Waals surface area contributed by atoms with Crippen LogP contribution in [0.4, 0.5) is 5.82 Å².